The number of amides is 1. The number of nitrogens with one attached hydrogen (secondary N) is 2. The van der Waals surface area contributed by atoms with E-state index < -0.39 is 0 Å². The Labute approximate surface area is 148 Å². The number of aryl methyl sites for hydroxylation is 1. The number of hydrogen-bond donors (Lipinski definition) is 2. The van der Waals surface area contributed by atoms with Gasteiger partial charge in [0.15, 0.2) is 5.69 Å². The lowest BCUT2D eigenvalue weighted by molar-refractivity contribution is 0.0948. The van der Waals surface area contributed by atoms with Crippen LogP contribution in [-0.4, -0.2) is 22.3 Å². The van der Waals surface area contributed by atoms with E-state index in [1.807, 2.05) is 30.3 Å². The minimum Gasteiger partial charge on any atom is -0.281 e. The van der Waals surface area contributed by atoms with Crippen LogP contribution in [0.15, 0.2) is 35.4 Å². The van der Waals surface area contributed by atoms with E-state index >= 15 is 0 Å². The molecule has 0 saturated heterocycles. The van der Waals surface area contributed by atoms with E-state index in [4.69, 9.17) is 0 Å². The van der Waals surface area contributed by atoms with Crippen molar-refractivity contribution in [2.75, 3.05) is 0 Å². The standard InChI is InChI=1S/C20H26N4O/c1-20(2,3)12-15-9-10-17-16(11-15)18(23-22-17)19(25)24-21-13-14-7-5-4-6-8-14/h4-8,13,15H,9-12H2,1-3H3,(H,22,23)(H,24,25). The maximum atomic E-state index is 12.5. The van der Waals surface area contributed by atoms with Gasteiger partial charge in [-0.15, -0.1) is 0 Å². The first-order chi connectivity index (χ1) is 11.9. The molecule has 1 aliphatic rings. The Bertz CT molecular complexity index is 756. The van der Waals surface area contributed by atoms with E-state index in [9.17, 15) is 4.79 Å². The monoisotopic (exact) mass is 338 g/mol. The average Bonchev–Trinajstić information content (AvgIpc) is 2.97. The Morgan fingerprint density at radius 3 is 2.84 bits per heavy atom. The topological polar surface area (TPSA) is 70.1 Å². The minimum absolute atomic E-state index is 0.249. The molecule has 0 bridgehead atoms. The van der Waals surface area contributed by atoms with Gasteiger partial charge in [-0.1, -0.05) is 51.1 Å². The summed E-state index contributed by atoms with van der Waals surface area (Å²) in [5.74, 6) is 0.352. The van der Waals surface area contributed by atoms with Crippen LogP contribution in [-0.2, 0) is 12.8 Å². The molecular weight excluding hydrogens is 312 g/mol. The van der Waals surface area contributed by atoms with Gasteiger partial charge in [-0.2, -0.15) is 10.2 Å². The number of hydrogen-bond acceptors (Lipinski definition) is 3. The van der Waals surface area contributed by atoms with E-state index in [-0.39, 0.29) is 5.91 Å². The maximum absolute atomic E-state index is 12.5. The van der Waals surface area contributed by atoms with E-state index in [0.29, 0.717) is 17.0 Å². The van der Waals surface area contributed by atoms with E-state index in [2.05, 4.69) is 41.5 Å². The Balaban J connectivity index is 1.67. The normalized spacial score (nSPS) is 17.5. The van der Waals surface area contributed by atoms with Crippen molar-refractivity contribution in [2.45, 2.75) is 46.5 Å². The van der Waals surface area contributed by atoms with Crippen LogP contribution in [0.3, 0.4) is 0 Å². The van der Waals surface area contributed by atoms with Crippen molar-refractivity contribution in [3.63, 3.8) is 0 Å². The Kier molecular flexibility index (Phi) is 5.02. The van der Waals surface area contributed by atoms with Crippen molar-refractivity contribution < 1.29 is 4.79 Å². The first-order valence-corrected chi connectivity index (χ1v) is 8.87. The summed E-state index contributed by atoms with van der Waals surface area (Å²) in [6, 6.07) is 9.68. The van der Waals surface area contributed by atoms with Gasteiger partial charge in [0.05, 0.1) is 6.21 Å². The van der Waals surface area contributed by atoms with Gasteiger partial charge in [-0.05, 0) is 42.6 Å². The molecule has 0 spiro atoms. The quantitative estimate of drug-likeness (QED) is 0.659. The summed E-state index contributed by atoms with van der Waals surface area (Å²) < 4.78 is 0. The second kappa shape index (κ2) is 7.21. The maximum Gasteiger partial charge on any atom is 0.292 e. The van der Waals surface area contributed by atoms with Crippen LogP contribution in [0.2, 0.25) is 0 Å². The van der Waals surface area contributed by atoms with Crippen LogP contribution >= 0.6 is 0 Å². The second-order valence-electron chi connectivity index (χ2n) is 8.01. The third-order valence-electron chi connectivity index (χ3n) is 4.54. The number of benzene rings is 1. The van der Waals surface area contributed by atoms with Crippen molar-refractivity contribution in [2.24, 2.45) is 16.4 Å². The molecule has 0 fully saturated rings. The molecule has 1 aliphatic carbocycles. The lowest BCUT2D eigenvalue weighted by atomic mass is 9.76. The van der Waals surface area contributed by atoms with Crippen molar-refractivity contribution in [3.05, 3.63) is 52.8 Å². The third-order valence-corrected chi connectivity index (χ3v) is 4.54. The van der Waals surface area contributed by atoms with Gasteiger partial charge in [-0.25, -0.2) is 5.43 Å². The zero-order chi connectivity index (χ0) is 17.9. The zero-order valence-corrected chi connectivity index (χ0v) is 15.2. The molecular formula is C20H26N4O. The van der Waals surface area contributed by atoms with Gasteiger partial charge >= 0.3 is 0 Å². The SMILES string of the molecule is CC(C)(C)CC1CCc2[nH]nc(C(=O)NN=Cc3ccccc3)c2C1. The predicted octanol–water partition coefficient (Wildman–Crippen LogP) is 3.71. The van der Waals surface area contributed by atoms with Crippen LogP contribution in [0.5, 0.6) is 0 Å². The summed E-state index contributed by atoms with van der Waals surface area (Å²) in [7, 11) is 0. The number of carbonyl (C=O) groups is 1. The van der Waals surface area contributed by atoms with Gasteiger partial charge in [0.1, 0.15) is 0 Å². The Hall–Kier alpha value is -2.43. The van der Waals surface area contributed by atoms with Crippen LogP contribution in [0.4, 0.5) is 0 Å². The number of H-pyrrole nitrogens is 1. The molecule has 2 N–H and O–H groups in total. The fourth-order valence-corrected chi connectivity index (χ4v) is 3.55. The first kappa shape index (κ1) is 17.4. The molecule has 1 atom stereocenters. The van der Waals surface area contributed by atoms with E-state index in [1.54, 1.807) is 6.21 Å². The molecule has 2 aromatic rings. The smallest absolute Gasteiger partial charge is 0.281 e. The molecule has 132 valence electrons. The fourth-order valence-electron chi connectivity index (χ4n) is 3.55. The summed E-state index contributed by atoms with van der Waals surface area (Å²) in [5, 5.41) is 11.3. The molecule has 5 heteroatoms. The lowest BCUT2D eigenvalue weighted by Crippen LogP contribution is -2.24. The van der Waals surface area contributed by atoms with Crippen molar-refractivity contribution >= 4 is 12.1 Å². The van der Waals surface area contributed by atoms with Crippen LogP contribution in [0.25, 0.3) is 0 Å². The molecule has 0 saturated carbocycles. The zero-order valence-electron chi connectivity index (χ0n) is 15.2. The summed E-state index contributed by atoms with van der Waals surface area (Å²) in [6.45, 7) is 6.80. The van der Waals surface area contributed by atoms with Gasteiger partial charge in [-0.3, -0.25) is 9.89 Å². The van der Waals surface area contributed by atoms with Gasteiger partial charge in [0.25, 0.3) is 5.91 Å². The summed E-state index contributed by atoms with van der Waals surface area (Å²) >= 11 is 0. The predicted molar refractivity (Wildman–Crippen MR) is 99.7 cm³/mol. The van der Waals surface area contributed by atoms with Gasteiger partial charge in [0, 0.05) is 11.3 Å². The summed E-state index contributed by atoms with van der Waals surface area (Å²) in [5.41, 5.74) is 6.48. The molecule has 5 nitrogen and oxygen atoms in total. The van der Waals surface area contributed by atoms with Gasteiger partial charge in [0.2, 0.25) is 0 Å². The number of fused-ring (bicyclic) bond motifs is 1. The molecule has 3 rings (SSSR count). The number of rotatable bonds is 4. The number of aromatic amines is 1. The van der Waals surface area contributed by atoms with Crippen LogP contribution in [0, 0.1) is 11.3 Å². The second-order valence-corrected chi connectivity index (χ2v) is 8.01. The third kappa shape index (κ3) is 4.56. The molecule has 0 aliphatic heterocycles. The molecule has 1 heterocycles. The van der Waals surface area contributed by atoms with Crippen molar-refractivity contribution in [1.82, 2.24) is 15.6 Å². The average molecular weight is 338 g/mol. The number of nitrogens with zero attached hydrogens (tertiary/aromatic N) is 2. The summed E-state index contributed by atoms with van der Waals surface area (Å²) in [6.07, 6.45) is 5.82. The number of hydrazone groups is 1. The molecule has 1 amide bonds. The highest BCUT2D eigenvalue weighted by atomic mass is 16.2. The first-order valence-electron chi connectivity index (χ1n) is 8.87. The van der Waals surface area contributed by atoms with Crippen molar-refractivity contribution in [3.8, 4) is 0 Å². The van der Waals surface area contributed by atoms with Gasteiger partial charge < -0.3 is 0 Å². The van der Waals surface area contributed by atoms with Crippen LogP contribution < -0.4 is 5.43 Å². The molecule has 1 aromatic carbocycles. The van der Waals surface area contributed by atoms with E-state index in [1.165, 1.54) is 0 Å². The van der Waals surface area contributed by atoms with E-state index in [0.717, 1.165) is 42.5 Å². The Morgan fingerprint density at radius 1 is 1.36 bits per heavy atom. The highest BCUT2D eigenvalue weighted by Gasteiger charge is 2.28. The number of aromatic nitrogens is 2. The lowest BCUT2D eigenvalue weighted by Gasteiger charge is -2.28. The molecule has 1 aromatic heterocycles. The summed E-state index contributed by atoms with van der Waals surface area (Å²) in [4.78, 5) is 12.5. The largest absolute Gasteiger partial charge is 0.292 e. The van der Waals surface area contributed by atoms with Crippen LogP contribution in [0.1, 0.15) is 60.9 Å². The highest BCUT2D eigenvalue weighted by molar-refractivity contribution is 5.94. The fraction of sp³-hybridized carbons (Fsp3) is 0.450. The van der Waals surface area contributed by atoms with Crippen molar-refractivity contribution in [1.29, 1.82) is 0 Å². The molecule has 25 heavy (non-hydrogen) atoms. The number of carbonyl (C=O) groups excluding carboxylic acids is 1. The molecule has 0 radical (unpaired) electrons. The highest BCUT2D eigenvalue weighted by Crippen LogP contribution is 2.34. The molecule has 1 unspecified atom stereocenters. The Morgan fingerprint density at radius 2 is 2.12 bits per heavy atom. The minimum atomic E-state index is -0.249.